The van der Waals surface area contributed by atoms with Gasteiger partial charge >= 0.3 is 0 Å². The molecule has 1 aromatic carbocycles. The maximum absolute atomic E-state index is 12.9. The van der Waals surface area contributed by atoms with Gasteiger partial charge in [0.05, 0.1) is 5.69 Å². The van der Waals surface area contributed by atoms with E-state index >= 15 is 0 Å². The number of H-pyrrole nitrogens is 1. The van der Waals surface area contributed by atoms with Gasteiger partial charge in [-0.2, -0.15) is 10.2 Å². The van der Waals surface area contributed by atoms with Crippen LogP contribution < -0.4 is 5.32 Å². The summed E-state index contributed by atoms with van der Waals surface area (Å²) in [4.78, 5) is 12.9. The normalized spacial score (nSPS) is 16.8. The highest BCUT2D eigenvalue weighted by molar-refractivity contribution is 6.04. The number of carbonyl (C=O) groups is 1. The first-order valence-electron chi connectivity index (χ1n) is 9.39. The molecule has 6 heteroatoms. The summed E-state index contributed by atoms with van der Waals surface area (Å²) in [5.74, 6) is 0.386. The van der Waals surface area contributed by atoms with Gasteiger partial charge in [-0.15, -0.1) is 0 Å². The van der Waals surface area contributed by atoms with Crippen LogP contribution in [0.4, 0.5) is 5.69 Å². The van der Waals surface area contributed by atoms with Gasteiger partial charge in [-0.3, -0.25) is 9.89 Å². The van der Waals surface area contributed by atoms with Crippen molar-refractivity contribution in [1.82, 2.24) is 20.0 Å². The van der Waals surface area contributed by atoms with Gasteiger partial charge in [0.15, 0.2) is 5.69 Å². The summed E-state index contributed by atoms with van der Waals surface area (Å²) < 4.78 is 1.76. The van der Waals surface area contributed by atoms with Gasteiger partial charge in [-0.1, -0.05) is 26.8 Å². The first-order valence-corrected chi connectivity index (χ1v) is 9.39. The molecule has 27 heavy (non-hydrogen) atoms. The zero-order valence-electron chi connectivity index (χ0n) is 16.0. The zero-order chi connectivity index (χ0) is 19.0. The summed E-state index contributed by atoms with van der Waals surface area (Å²) in [6.45, 7) is 6.80. The molecule has 2 N–H and O–H groups in total. The van der Waals surface area contributed by atoms with E-state index in [0.29, 0.717) is 11.6 Å². The van der Waals surface area contributed by atoms with Crippen molar-refractivity contribution in [3.8, 4) is 5.69 Å². The lowest BCUT2D eigenvalue weighted by Gasteiger charge is -2.33. The molecule has 1 atom stereocenters. The summed E-state index contributed by atoms with van der Waals surface area (Å²) in [6, 6.07) is 9.51. The number of aromatic nitrogens is 4. The monoisotopic (exact) mass is 363 g/mol. The summed E-state index contributed by atoms with van der Waals surface area (Å²) in [6.07, 6.45) is 6.58. The van der Waals surface area contributed by atoms with Crippen molar-refractivity contribution >= 4 is 11.6 Å². The largest absolute Gasteiger partial charge is 0.321 e. The van der Waals surface area contributed by atoms with Gasteiger partial charge in [-0.05, 0) is 54.9 Å². The predicted molar refractivity (Wildman–Crippen MR) is 105 cm³/mol. The van der Waals surface area contributed by atoms with Crippen molar-refractivity contribution in [2.24, 2.45) is 11.3 Å². The van der Waals surface area contributed by atoms with E-state index in [1.807, 2.05) is 36.5 Å². The molecule has 4 rings (SSSR count). The number of aryl methyl sites for hydroxylation is 1. The summed E-state index contributed by atoms with van der Waals surface area (Å²) >= 11 is 0. The van der Waals surface area contributed by atoms with E-state index in [-0.39, 0.29) is 11.3 Å². The van der Waals surface area contributed by atoms with Crippen LogP contribution in [0.5, 0.6) is 0 Å². The van der Waals surface area contributed by atoms with E-state index in [0.717, 1.165) is 41.9 Å². The lowest BCUT2D eigenvalue weighted by molar-refractivity contribution is 0.102. The number of nitrogens with zero attached hydrogens (tertiary/aromatic N) is 3. The lowest BCUT2D eigenvalue weighted by atomic mass is 9.71. The molecule has 0 unspecified atom stereocenters. The molecule has 0 aliphatic heterocycles. The van der Waals surface area contributed by atoms with E-state index in [1.165, 1.54) is 0 Å². The average Bonchev–Trinajstić information content (AvgIpc) is 3.30. The predicted octanol–water partition coefficient (Wildman–Crippen LogP) is 4.00. The van der Waals surface area contributed by atoms with E-state index in [4.69, 9.17) is 0 Å². The molecule has 0 bridgehead atoms. The molecular formula is C21H25N5O. The Labute approximate surface area is 159 Å². The molecule has 2 heterocycles. The van der Waals surface area contributed by atoms with Crippen LogP contribution in [0.2, 0.25) is 0 Å². The van der Waals surface area contributed by atoms with Crippen LogP contribution in [0.1, 0.15) is 48.9 Å². The maximum atomic E-state index is 12.9. The number of fused-ring (bicyclic) bond motifs is 1. The molecule has 3 aromatic rings. The van der Waals surface area contributed by atoms with E-state index in [9.17, 15) is 4.79 Å². The summed E-state index contributed by atoms with van der Waals surface area (Å²) in [5, 5.41) is 14.6. The van der Waals surface area contributed by atoms with Crippen LogP contribution in [0.25, 0.3) is 5.69 Å². The number of hydrogen-bond donors (Lipinski definition) is 2. The number of hydrogen-bond acceptors (Lipinski definition) is 3. The molecule has 0 radical (unpaired) electrons. The molecule has 1 aliphatic carbocycles. The van der Waals surface area contributed by atoms with Crippen LogP contribution in [-0.4, -0.2) is 25.9 Å². The van der Waals surface area contributed by atoms with Gasteiger partial charge in [0.2, 0.25) is 0 Å². The molecule has 1 aliphatic rings. The average molecular weight is 363 g/mol. The fourth-order valence-corrected chi connectivity index (χ4v) is 3.76. The molecule has 2 aromatic heterocycles. The van der Waals surface area contributed by atoms with Gasteiger partial charge in [-0.25, -0.2) is 4.68 Å². The number of amides is 1. The van der Waals surface area contributed by atoms with E-state index in [1.54, 1.807) is 10.9 Å². The number of benzene rings is 1. The number of rotatable bonds is 3. The molecule has 140 valence electrons. The maximum Gasteiger partial charge on any atom is 0.276 e. The van der Waals surface area contributed by atoms with Gasteiger partial charge in [0, 0.05) is 29.3 Å². The highest BCUT2D eigenvalue weighted by atomic mass is 16.1. The second-order valence-corrected chi connectivity index (χ2v) is 8.29. The quantitative estimate of drug-likeness (QED) is 0.738. The highest BCUT2D eigenvalue weighted by Crippen LogP contribution is 2.37. The standard InChI is InChI=1S/C21H25N5O/c1-21(2,3)14-8-9-18-17(12-14)19(25-24-18)20(27)23-15-6-4-7-16(13-15)26-11-5-10-22-26/h4-7,10-11,13-14H,8-9,12H2,1-3H3,(H,23,27)(H,24,25)/t14-/m1/s1. The first-order chi connectivity index (χ1) is 12.9. The molecule has 0 spiro atoms. The number of nitrogens with one attached hydrogen (secondary N) is 2. The fourth-order valence-electron chi connectivity index (χ4n) is 3.76. The number of anilines is 1. The van der Waals surface area contributed by atoms with Crippen LogP contribution in [-0.2, 0) is 12.8 Å². The van der Waals surface area contributed by atoms with Crippen molar-refractivity contribution in [3.05, 3.63) is 59.7 Å². The Morgan fingerprint density at radius 2 is 2.15 bits per heavy atom. The minimum absolute atomic E-state index is 0.167. The van der Waals surface area contributed by atoms with Gasteiger partial charge in [0.25, 0.3) is 5.91 Å². The third-order valence-corrected chi connectivity index (χ3v) is 5.46. The molecule has 0 saturated carbocycles. The minimum atomic E-state index is -0.167. The molecule has 0 saturated heterocycles. The third-order valence-electron chi connectivity index (χ3n) is 5.46. The highest BCUT2D eigenvalue weighted by Gasteiger charge is 2.32. The van der Waals surface area contributed by atoms with E-state index < -0.39 is 0 Å². The Kier molecular flexibility index (Phi) is 4.34. The number of carbonyl (C=O) groups excluding carboxylic acids is 1. The molecule has 0 fully saturated rings. The van der Waals surface area contributed by atoms with Crippen LogP contribution in [0.15, 0.2) is 42.7 Å². The van der Waals surface area contributed by atoms with Crippen LogP contribution >= 0.6 is 0 Å². The van der Waals surface area contributed by atoms with Crippen molar-refractivity contribution in [2.75, 3.05) is 5.32 Å². The minimum Gasteiger partial charge on any atom is -0.321 e. The lowest BCUT2D eigenvalue weighted by Crippen LogP contribution is -2.28. The van der Waals surface area contributed by atoms with Gasteiger partial charge < -0.3 is 5.32 Å². The summed E-state index contributed by atoms with van der Waals surface area (Å²) in [7, 11) is 0. The third kappa shape index (κ3) is 3.52. The Hall–Kier alpha value is -2.89. The van der Waals surface area contributed by atoms with Crippen molar-refractivity contribution < 1.29 is 4.79 Å². The molecular weight excluding hydrogens is 338 g/mol. The van der Waals surface area contributed by atoms with Crippen LogP contribution in [0.3, 0.4) is 0 Å². The Balaban J connectivity index is 1.55. The summed E-state index contributed by atoms with van der Waals surface area (Å²) in [5.41, 5.74) is 4.54. The molecule has 6 nitrogen and oxygen atoms in total. The van der Waals surface area contributed by atoms with Crippen LogP contribution in [0, 0.1) is 11.3 Å². The SMILES string of the molecule is CC(C)(C)[C@@H]1CCc2[nH]nc(C(=O)Nc3cccc(-n4cccn4)c3)c2C1. The Morgan fingerprint density at radius 3 is 2.89 bits per heavy atom. The second-order valence-electron chi connectivity index (χ2n) is 8.29. The fraction of sp³-hybridized carbons (Fsp3) is 0.381. The second kappa shape index (κ2) is 6.68. The van der Waals surface area contributed by atoms with Crippen molar-refractivity contribution in [1.29, 1.82) is 0 Å². The van der Waals surface area contributed by atoms with Crippen molar-refractivity contribution in [2.45, 2.75) is 40.0 Å². The first kappa shape index (κ1) is 17.5. The Morgan fingerprint density at radius 1 is 1.30 bits per heavy atom. The molecule has 1 amide bonds. The Bertz CT molecular complexity index is 949. The van der Waals surface area contributed by atoms with Gasteiger partial charge in [0.1, 0.15) is 0 Å². The topological polar surface area (TPSA) is 75.6 Å². The zero-order valence-corrected chi connectivity index (χ0v) is 16.0. The number of aromatic amines is 1. The van der Waals surface area contributed by atoms with Crippen molar-refractivity contribution in [3.63, 3.8) is 0 Å². The smallest absolute Gasteiger partial charge is 0.276 e. The van der Waals surface area contributed by atoms with E-state index in [2.05, 4.69) is 41.4 Å².